The maximum absolute atomic E-state index is 12.5. The second kappa shape index (κ2) is 4.59. The Morgan fingerprint density at radius 3 is 2.72 bits per heavy atom. The van der Waals surface area contributed by atoms with Crippen LogP contribution < -0.4 is 0 Å². The fourth-order valence-corrected chi connectivity index (χ4v) is 2.57. The van der Waals surface area contributed by atoms with E-state index >= 15 is 0 Å². The van der Waals surface area contributed by atoms with Crippen LogP contribution in [0.3, 0.4) is 0 Å². The minimum Gasteiger partial charge on any atom is -0.395 e. The highest BCUT2D eigenvalue weighted by Gasteiger charge is 2.35. The summed E-state index contributed by atoms with van der Waals surface area (Å²) in [5.74, 6) is 0.00495. The average molecular weight is 269 g/mol. The van der Waals surface area contributed by atoms with Crippen LogP contribution in [0.4, 0.5) is 0 Å². The second-order valence-corrected chi connectivity index (χ2v) is 5.57. The zero-order valence-corrected chi connectivity index (χ0v) is 10.9. The van der Waals surface area contributed by atoms with Gasteiger partial charge in [-0.25, -0.2) is 0 Å². The van der Waals surface area contributed by atoms with Crippen molar-refractivity contribution < 1.29 is 9.90 Å². The van der Waals surface area contributed by atoms with E-state index in [0.29, 0.717) is 29.3 Å². The Labute approximate surface area is 111 Å². The number of aromatic nitrogens is 1. The standard InChI is InChI=1S/C13H17ClN2O2/c14-9-7-12(16(8-9)11-3-4-11)13(18)15(5-6-17)10-1-2-10/h7-8,10-11,17H,1-6H2. The van der Waals surface area contributed by atoms with Crippen molar-refractivity contribution in [3.05, 3.63) is 23.0 Å². The number of rotatable bonds is 5. The van der Waals surface area contributed by atoms with Crippen molar-refractivity contribution in [1.82, 2.24) is 9.47 Å². The van der Waals surface area contributed by atoms with Gasteiger partial charge in [0.25, 0.3) is 5.91 Å². The molecule has 2 saturated carbocycles. The summed E-state index contributed by atoms with van der Waals surface area (Å²) >= 11 is 6.02. The summed E-state index contributed by atoms with van der Waals surface area (Å²) in [5.41, 5.74) is 0.669. The molecule has 2 aliphatic rings. The van der Waals surface area contributed by atoms with E-state index in [1.807, 2.05) is 10.8 Å². The van der Waals surface area contributed by atoms with Crippen molar-refractivity contribution >= 4 is 17.5 Å². The van der Waals surface area contributed by atoms with E-state index < -0.39 is 0 Å². The summed E-state index contributed by atoms with van der Waals surface area (Å²) in [7, 11) is 0. The van der Waals surface area contributed by atoms with Crippen molar-refractivity contribution in [1.29, 1.82) is 0 Å². The minimum absolute atomic E-state index is 0.00495. The number of hydrogen-bond donors (Lipinski definition) is 1. The third kappa shape index (κ3) is 2.27. The average Bonchev–Trinajstić information content (AvgIpc) is 3.24. The SMILES string of the molecule is O=C(c1cc(Cl)cn1C1CC1)N(CCO)C1CC1. The molecule has 0 radical (unpaired) electrons. The number of aliphatic hydroxyl groups excluding tert-OH is 1. The van der Waals surface area contributed by atoms with E-state index in [9.17, 15) is 4.79 Å². The van der Waals surface area contributed by atoms with Crippen molar-refractivity contribution in [2.75, 3.05) is 13.2 Å². The maximum atomic E-state index is 12.5. The highest BCUT2D eigenvalue weighted by atomic mass is 35.5. The number of aliphatic hydroxyl groups is 1. The van der Waals surface area contributed by atoms with E-state index in [4.69, 9.17) is 16.7 Å². The lowest BCUT2D eigenvalue weighted by atomic mass is 10.3. The van der Waals surface area contributed by atoms with Gasteiger partial charge >= 0.3 is 0 Å². The predicted molar refractivity (Wildman–Crippen MR) is 68.9 cm³/mol. The molecule has 1 amide bonds. The highest BCUT2D eigenvalue weighted by Crippen LogP contribution is 2.38. The topological polar surface area (TPSA) is 45.5 Å². The van der Waals surface area contributed by atoms with Crippen molar-refractivity contribution in [3.63, 3.8) is 0 Å². The number of amides is 1. The largest absolute Gasteiger partial charge is 0.395 e. The summed E-state index contributed by atoms with van der Waals surface area (Å²) in [6.07, 6.45) is 6.17. The van der Waals surface area contributed by atoms with Crippen LogP contribution >= 0.6 is 11.6 Å². The molecule has 0 atom stereocenters. The van der Waals surface area contributed by atoms with E-state index in [1.54, 1.807) is 11.0 Å². The normalized spacial score (nSPS) is 19.0. The molecule has 0 aromatic carbocycles. The molecule has 5 heteroatoms. The Balaban J connectivity index is 1.85. The molecule has 1 aromatic rings. The molecule has 0 bridgehead atoms. The molecular weight excluding hydrogens is 252 g/mol. The van der Waals surface area contributed by atoms with Crippen LogP contribution in [0.1, 0.15) is 42.2 Å². The first-order chi connectivity index (χ1) is 8.70. The summed E-state index contributed by atoms with van der Waals surface area (Å²) in [4.78, 5) is 14.3. The molecular formula is C13H17ClN2O2. The van der Waals surface area contributed by atoms with Crippen LogP contribution in [0.5, 0.6) is 0 Å². The lowest BCUT2D eigenvalue weighted by molar-refractivity contribution is 0.0696. The van der Waals surface area contributed by atoms with E-state index in [2.05, 4.69) is 0 Å². The zero-order valence-electron chi connectivity index (χ0n) is 10.2. The van der Waals surface area contributed by atoms with Gasteiger partial charge in [-0.05, 0) is 31.7 Å². The molecule has 98 valence electrons. The van der Waals surface area contributed by atoms with Gasteiger partial charge in [-0.15, -0.1) is 0 Å². The Bertz CT molecular complexity index is 464. The summed E-state index contributed by atoms with van der Waals surface area (Å²) < 4.78 is 2.00. The smallest absolute Gasteiger partial charge is 0.270 e. The Morgan fingerprint density at radius 1 is 1.44 bits per heavy atom. The van der Waals surface area contributed by atoms with Crippen LogP contribution in [0.2, 0.25) is 5.02 Å². The summed E-state index contributed by atoms with van der Waals surface area (Å²) in [5, 5.41) is 9.69. The van der Waals surface area contributed by atoms with Gasteiger partial charge in [0, 0.05) is 24.8 Å². The maximum Gasteiger partial charge on any atom is 0.270 e. The van der Waals surface area contributed by atoms with Gasteiger partial charge in [0.15, 0.2) is 0 Å². The molecule has 2 fully saturated rings. The van der Waals surface area contributed by atoms with Crippen LogP contribution in [-0.2, 0) is 0 Å². The lowest BCUT2D eigenvalue weighted by Crippen LogP contribution is -2.36. The Hall–Kier alpha value is -1.00. The molecule has 18 heavy (non-hydrogen) atoms. The number of carbonyl (C=O) groups excluding carboxylic acids is 1. The van der Waals surface area contributed by atoms with Gasteiger partial charge in [0.05, 0.1) is 11.6 Å². The molecule has 0 aliphatic heterocycles. The predicted octanol–water partition coefficient (Wildman–Crippen LogP) is 2.07. The van der Waals surface area contributed by atoms with Gasteiger partial charge in [0.1, 0.15) is 5.69 Å². The molecule has 4 nitrogen and oxygen atoms in total. The zero-order chi connectivity index (χ0) is 12.7. The summed E-state index contributed by atoms with van der Waals surface area (Å²) in [6.45, 7) is 0.428. The Kier molecular flexibility index (Phi) is 3.08. The van der Waals surface area contributed by atoms with Crippen LogP contribution in [-0.4, -0.2) is 39.7 Å². The molecule has 1 N–H and O–H groups in total. The van der Waals surface area contributed by atoms with Crippen LogP contribution in [0, 0.1) is 0 Å². The van der Waals surface area contributed by atoms with E-state index in [0.717, 1.165) is 25.7 Å². The van der Waals surface area contributed by atoms with Crippen molar-refractivity contribution in [2.45, 2.75) is 37.8 Å². The lowest BCUT2D eigenvalue weighted by Gasteiger charge is -2.22. The van der Waals surface area contributed by atoms with Crippen molar-refractivity contribution in [3.8, 4) is 0 Å². The highest BCUT2D eigenvalue weighted by molar-refractivity contribution is 6.31. The molecule has 3 rings (SSSR count). The minimum atomic E-state index is 0.00495. The fourth-order valence-electron chi connectivity index (χ4n) is 2.36. The number of carbonyl (C=O) groups is 1. The molecule has 0 unspecified atom stereocenters. The first-order valence-corrected chi connectivity index (χ1v) is 6.87. The molecule has 0 spiro atoms. The quantitative estimate of drug-likeness (QED) is 0.889. The molecule has 0 saturated heterocycles. The molecule has 2 aliphatic carbocycles. The number of hydrogen-bond acceptors (Lipinski definition) is 2. The third-order valence-corrected chi connectivity index (χ3v) is 3.77. The summed E-state index contributed by atoms with van der Waals surface area (Å²) in [6, 6.07) is 2.49. The van der Waals surface area contributed by atoms with Crippen LogP contribution in [0.15, 0.2) is 12.3 Å². The first-order valence-electron chi connectivity index (χ1n) is 6.50. The van der Waals surface area contributed by atoms with Gasteiger partial charge in [-0.2, -0.15) is 0 Å². The van der Waals surface area contributed by atoms with Crippen molar-refractivity contribution in [2.24, 2.45) is 0 Å². The molecule has 1 aromatic heterocycles. The Morgan fingerprint density at radius 2 is 2.17 bits per heavy atom. The third-order valence-electron chi connectivity index (χ3n) is 3.56. The van der Waals surface area contributed by atoms with Gasteiger partial charge < -0.3 is 14.6 Å². The number of nitrogens with zero attached hydrogens (tertiary/aromatic N) is 2. The number of halogens is 1. The fraction of sp³-hybridized carbons (Fsp3) is 0.615. The van der Waals surface area contributed by atoms with E-state index in [1.165, 1.54) is 0 Å². The van der Waals surface area contributed by atoms with Gasteiger partial charge in [0.2, 0.25) is 0 Å². The molecule has 1 heterocycles. The van der Waals surface area contributed by atoms with Gasteiger partial charge in [-0.3, -0.25) is 4.79 Å². The monoisotopic (exact) mass is 268 g/mol. The van der Waals surface area contributed by atoms with E-state index in [-0.39, 0.29) is 12.5 Å². The first kappa shape index (κ1) is 12.1. The van der Waals surface area contributed by atoms with Crippen LogP contribution in [0.25, 0.3) is 0 Å². The second-order valence-electron chi connectivity index (χ2n) is 5.14. The van der Waals surface area contributed by atoms with Gasteiger partial charge in [-0.1, -0.05) is 11.6 Å².